The van der Waals surface area contributed by atoms with Crippen molar-refractivity contribution in [1.29, 1.82) is 0 Å². The third-order valence-corrected chi connectivity index (χ3v) is 10.8. The predicted molar refractivity (Wildman–Crippen MR) is 123 cm³/mol. The smallest absolute Gasteiger partial charge is 0.322 e. The fourth-order valence-corrected chi connectivity index (χ4v) is 8.95. The molecule has 0 spiro atoms. The summed E-state index contributed by atoms with van der Waals surface area (Å²) in [7, 11) is 0. The van der Waals surface area contributed by atoms with Crippen LogP contribution in [0.5, 0.6) is 0 Å². The van der Waals surface area contributed by atoms with Gasteiger partial charge in [0.2, 0.25) is 5.91 Å². The molecule has 4 aliphatic rings. The van der Waals surface area contributed by atoms with Crippen LogP contribution < -0.4 is 5.32 Å². The van der Waals surface area contributed by atoms with E-state index in [0.717, 1.165) is 38.5 Å². The summed E-state index contributed by atoms with van der Waals surface area (Å²) in [5.74, 6) is 0.265. The summed E-state index contributed by atoms with van der Waals surface area (Å²) in [4.78, 5) is 22.7. The molecule has 33 heavy (non-hydrogen) atoms. The lowest BCUT2D eigenvalue weighted by atomic mass is 9.43. The van der Waals surface area contributed by atoms with Gasteiger partial charge in [0.25, 0.3) is 0 Å². The number of carbonyl (C=O) groups is 2. The average molecular weight is 466 g/mol. The van der Waals surface area contributed by atoms with E-state index in [1.54, 1.807) is 0 Å². The zero-order valence-corrected chi connectivity index (χ0v) is 20.4. The van der Waals surface area contributed by atoms with Gasteiger partial charge in [-0.05, 0) is 97.7 Å². The number of aliphatic hydroxyl groups is 3. The highest BCUT2D eigenvalue weighted by Gasteiger charge is 2.65. The first-order valence-corrected chi connectivity index (χ1v) is 13.0. The van der Waals surface area contributed by atoms with Crippen molar-refractivity contribution in [1.82, 2.24) is 5.32 Å². The molecule has 0 aliphatic heterocycles. The maximum absolute atomic E-state index is 12.0. The Labute approximate surface area is 197 Å². The second kappa shape index (κ2) is 9.12. The summed E-state index contributed by atoms with van der Waals surface area (Å²) in [6, 6.07) is 0. The number of carbonyl (C=O) groups excluding carboxylic acids is 1. The van der Waals surface area contributed by atoms with Crippen LogP contribution in [-0.4, -0.2) is 57.2 Å². The van der Waals surface area contributed by atoms with Gasteiger partial charge in [-0.2, -0.15) is 0 Å². The van der Waals surface area contributed by atoms with Crippen LogP contribution in [0.4, 0.5) is 0 Å². The average Bonchev–Trinajstić information content (AvgIpc) is 3.11. The van der Waals surface area contributed by atoms with Gasteiger partial charge in [0.1, 0.15) is 6.54 Å². The van der Waals surface area contributed by atoms with Gasteiger partial charge in [-0.25, -0.2) is 0 Å². The van der Waals surface area contributed by atoms with Crippen LogP contribution in [0, 0.1) is 46.3 Å². The standard InChI is InChI=1S/C26H43NO6/c1-14(4-7-22(31)27-13-23(32)33)17-5-6-18-24-19(12-21(30)26(17,18)3)25(2)9-8-16(28)10-15(25)11-20(24)29/h14-21,24,28-30H,4-13H2,1-3H3,(H,27,31)(H,32,33)/t14-,15+,16-,17-,18?,19?,20-,21+,24?,25+,26-/m1/s1. The second-order valence-electron chi connectivity index (χ2n) is 12.2. The summed E-state index contributed by atoms with van der Waals surface area (Å²) >= 11 is 0. The predicted octanol–water partition coefficient (Wildman–Crippen LogP) is 2.56. The summed E-state index contributed by atoms with van der Waals surface area (Å²) < 4.78 is 0. The van der Waals surface area contributed by atoms with E-state index in [-0.39, 0.29) is 65.1 Å². The molecular weight excluding hydrogens is 422 g/mol. The quantitative estimate of drug-likeness (QED) is 0.410. The summed E-state index contributed by atoms with van der Waals surface area (Å²) in [5, 5.41) is 44.4. The van der Waals surface area contributed by atoms with Gasteiger partial charge in [-0.3, -0.25) is 9.59 Å². The molecule has 4 saturated carbocycles. The minimum absolute atomic E-state index is 0.0668. The zero-order valence-electron chi connectivity index (χ0n) is 20.4. The third kappa shape index (κ3) is 4.23. The maximum Gasteiger partial charge on any atom is 0.322 e. The van der Waals surface area contributed by atoms with E-state index in [9.17, 15) is 24.9 Å². The zero-order chi connectivity index (χ0) is 24.1. The number of amides is 1. The molecule has 0 aromatic carbocycles. The van der Waals surface area contributed by atoms with E-state index in [4.69, 9.17) is 5.11 Å². The molecule has 0 bridgehead atoms. The lowest BCUT2D eigenvalue weighted by Crippen LogP contribution is -2.62. The van der Waals surface area contributed by atoms with Crippen LogP contribution >= 0.6 is 0 Å². The number of nitrogens with one attached hydrogen (secondary N) is 1. The van der Waals surface area contributed by atoms with Gasteiger partial charge in [-0.15, -0.1) is 0 Å². The highest BCUT2D eigenvalue weighted by Crippen LogP contribution is 2.68. The first kappa shape index (κ1) is 24.9. The Morgan fingerprint density at radius 1 is 1.03 bits per heavy atom. The molecule has 188 valence electrons. The molecule has 11 atom stereocenters. The Bertz CT molecular complexity index is 759. The molecule has 0 aromatic rings. The van der Waals surface area contributed by atoms with E-state index in [0.29, 0.717) is 25.2 Å². The van der Waals surface area contributed by atoms with Crippen molar-refractivity contribution in [3.8, 4) is 0 Å². The Balaban J connectivity index is 1.49. The van der Waals surface area contributed by atoms with E-state index in [2.05, 4.69) is 26.1 Å². The number of aliphatic hydroxyl groups excluding tert-OH is 3. The summed E-state index contributed by atoms with van der Waals surface area (Å²) in [5.41, 5.74) is -0.214. The van der Waals surface area contributed by atoms with Crippen molar-refractivity contribution in [2.75, 3.05) is 6.54 Å². The highest BCUT2D eigenvalue weighted by molar-refractivity contribution is 5.81. The Morgan fingerprint density at radius 3 is 2.45 bits per heavy atom. The minimum Gasteiger partial charge on any atom is -0.480 e. The van der Waals surface area contributed by atoms with Crippen LogP contribution in [0.2, 0.25) is 0 Å². The molecule has 4 rings (SSSR count). The Hall–Kier alpha value is -1.18. The molecule has 3 unspecified atom stereocenters. The fraction of sp³-hybridized carbons (Fsp3) is 0.923. The maximum atomic E-state index is 12.0. The molecule has 5 N–H and O–H groups in total. The molecule has 0 saturated heterocycles. The molecule has 4 aliphatic carbocycles. The molecule has 7 nitrogen and oxygen atoms in total. The Morgan fingerprint density at radius 2 is 1.76 bits per heavy atom. The summed E-state index contributed by atoms with van der Waals surface area (Å²) in [6.45, 7) is 6.35. The molecule has 0 radical (unpaired) electrons. The van der Waals surface area contributed by atoms with Gasteiger partial charge in [0.15, 0.2) is 0 Å². The van der Waals surface area contributed by atoms with E-state index in [1.165, 1.54) is 0 Å². The third-order valence-electron chi connectivity index (χ3n) is 10.8. The van der Waals surface area contributed by atoms with Gasteiger partial charge in [-0.1, -0.05) is 20.8 Å². The number of aliphatic carboxylic acids is 1. The number of fused-ring (bicyclic) bond motifs is 5. The molecule has 0 aromatic heterocycles. The Kier molecular flexibility index (Phi) is 6.89. The van der Waals surface area contributed by atoms with Crippen LogP contribution in [-0.2, 0) is 9.59 Å². The van der Waals surface area contributed by atoms with Crippen molar-refractivity contribution < 1.29 is 30.0 Å². The van der Waals surface area contributed by atoms with Crippen LogP contribution in [0.15, 0.2) is 0 Å². The number of carboxylic acid groups (broad SMARTS) is 1. The number of carboxylic acids is 1. The van der Waals surface area contributed by atoms with Gasteiger partial charge in [0, 0.05) is 6.42 Å². The van der Waals surface area contributed by atoms with Gasteiger partial charge >= 0.3 is 5.97 Å². The first-order chi connectivity index (χ1) is 15.5. The molecular formula is C26H43NO6. The summed E-state index contributed by atoms with van der Waals surface area (Å²) in [6.07, 6.45) is 5.86. The van der Waals surface area contributed by atoms with Crippen molar-refractivity contribution in [2.24, 2.45) is 46.3 Å². The first-order valence-electron chi connectivity index (χ1n) is 13.0. The minimum atomic E-state index is -1.04. The second-order valence-corrected chi connectivity index (χ2v) is 12.2. The van der Waals surface area contributed by atoms with Gasteiger partial charge < -0.3 is 25.7 Å². The van der Waals surface area contributed by atoms with Crippen LogP contribution in [0.1, 0.15) is 78.6 Å². The molecule has 0 heterocycles. The largest absolute Gasteiger partial charge is 0.480 e. The van der Waals surface area contributed by atoms with Crippen molar-refractivity contribution in [3.63, 3.8) is 0 Å². The lowest BCUT2D eigenvalue weighted by molar-refractivity contribution is -0.207. The number of hydrogen-bond donors (Lipinski definition) is 5. The molecule has 1 amide bonds. The van der Waals surface area contributed by atoms with Crippen molar-refractivity contribution >= 4 is 11.9 Å². The molecule has 7 heteroatoms. The highest BCUT2D eigenvalue weighted by atomic mass is 16.4. The van der Waals surface area contributed by atoms with E-state index in [1.807, 2.05) is 0 Å². The van der Waals surface area contributed by atoms with Crippen LogP contribution in [0.25, 0.3) is 0 Å². The number of rotatable bonds is 6. The van der Waals surface area contributed by atoms with E-state index >= 15 is 0 Å². The van der Waals surface area contributed by atoms with Crippen LogP contribution in [0.3, 0.4) is 0 Å². The SMILES string of the molecule is C[C@H](CCC(=O)NCC(=O)O)[C@H]1CCC2C3C(C[C@H](O)[C@@]21C)[C@@]1(C)CC[C@@H](O)C[C@H]1C[C@H]3O. The normalized spacial score (nSPS) is 47.7. The van der Waals surface area contributed by atoms with E-state index < -0.39 is 12.1 Å². The number of hydrogen-bond acceptors (Lipinski definition) is 5. The topological polar surface area (TPSA) is 127 Å². The molecule has 4 fully saturated rings. The van der Waals surface area contributed by atoms with Crippen molar-refractivity contribution in [2.45, 2.75) is 96.9 Å². The van der Waals surface area contributed by atoms with Gasteiger partial charge in [0.05, 0.1) is 18.3 Å². The fourth-order valence-electron chi connectivity index (χ4n) is 8.95. The van der Waals surface area contributed by atoms with Crippen molar-refractivity contribution in [3.05, 3.63) is 0 Å². The lowest BCUT2D eigenvalue weighted by Gasteiger charge is -2.63. The monoisotopic (exact) mass is 465 g/mol.